The summed E-state index contributed by atoms with van der Waals surface area (Å²) in [5.74, 6) is 0. The lowest BCUT2D eigenvalue weighted by Crippen LogP contribution is -2.65. The summed E-state index contributed by atoms with van der Waals surface area (Å²) in [5, 5.41) is 0. The number of hydrogen-bond donors (Lipinski definition) is 6. The van der Waals surface area contributed by atoms with Crippen LogP contribution in [-0.4, -0.2) is 216 Å². The van der Waals surface area contributed by atoms with Crippen LogP contribution >= 0.6 is 46.9 Å². The van der Waals surface area contributed by atoms with Gasteiger partial charge >= 0.3 is 46.9 Å². The van der Waals surface area contributed by atoms with Gasteiger partial charge in [-0.2, -0.15) is 12.9 Å². The van der Waals surface area contributed by atoms with Gasteiger partial charge in [-0.25, -0.2) is 27.4 Å². The minimum atomic E-state index is -5.59. The van der Waals surface area contributed by atoms with Gasteiger partial charge in [0.1, 0.15) is 36.6 Å². The highest BCUT2D eigenvalue weighted by molar-refractivity contribution is 7.62. The highest BCUT2D eigenvalue weighted by Crippen LogP contribution is 2.73. The maximum atomic E-state index is 12.1. The molecule has 7 saturated carbocycles. The lowest BCUT2D eigenvalue weighted by atomic mass is 9.85. The van der Waals surface area contributed by atoms with Gasteiger partial charge in [0.05, 0.1) is 0 Å². The molecular weight excluding hydrogens is 1250 g/mol. The molecule has 516 valence electrons. The highest BCUT2D eigenvalue weighted by atomic mass is 31.3. The fourth-order valence-corrected chi connectivity index (χ4v) is 20.2. The molecule has 3 saturated heterocycles. The molecule has 0 amide bonds. The van der Waals surface area contributed by atoms with Gasteiger partial charge < -0.3 is 58.8 Å². The van der Waals surface area contributed by atoms with Crippen LogP contribution in [0.1, 0.15) is 193 Å². The second-order valence-electron chi connectivity index (χ2n) is 26.0. The van der Waals surface area contributed by atoms with Crippen molar-refractivity contribution in [2.24, 2.45) is 0 Å². The summed E-state index contributed by atoms with van der Waals surface area (Å²) in [6.45, 7) is 0. The first kappa shape index (κ1) is 80.0. The molecular formula is C54H114N6O21P6. The number of phosphoric acid groups is 6. The zero-order valence-electron chi connectivity index (χ0n) is 54.3. The van der Waals surface area contributed by atoms with E-state index in [0.717, 1.165) is 36.3 Å². The minimum absolute atomic E-state index is 0.888. The van der Waals surface area contributed by atoms with E-state index in [9.17, 15) is 56.8 Å². The van der Waals surface area contributed by atoms with Gasteiger partial charge in [0.15, 0.2) is 0 Å². The smallest absolute Gasteiger partial charge is 0.306 e. The minimum Gasteiger partial charge on any atom is -0.306 e. The Kier molecular flexibility index (Phi) is 34.7. The zero-order valence-corrected chi connectivity index (χ0v) is 59.7. The molecule has 6 N–H and O–H groups in total. The average Bonchev–Trinajstić information content (AvgIpc) is 1.65. The summed E-state index contributed by atoms with van der Waals surface area (Å²) in [7, 11) is -7.25. The second kappa shape index (κ2) is 37.7. The number of fused-ring (bicyclic) bond motifs is 6. The molecule has 0 bridgehead atoms. The molecule has 6 unspecified atom stereocenters. The molecule has 7 aliphatic carbocycles. The Balaban J connectivity index is 0.000000245. The van der Waals surface area contributed by atoms with Crippen molar-refractivity contribution in [3.8, 4) is 0 Å². The van der Waals surface area contributed by atoms with E-state index in [-0.39, 0.29) is 0 Å². The third-order valence-corrected chi connectivity index (χ3v) is 25.9. The molecule has 0 aromatic heterocycles. The van der Waals surface area contributed by atoms with Gasteiger partial charge in [0.2, 0.25) is 0 Å². The molecule has 0 aromatic rings. The molecule has 10 fully saturated rings. The van der Waals surface area contributed by atoms with E-state index in [0.29, 0.717) is 0 Å². The number of rotatable bonds is 6. The van der Waals surface area contributed by atoms with Gasteiger partial charge in [0.25, 0.3) is 0 Å². The Labute approximate surface area is 521 Å². The number of phosphoric ester groups is 6. The molecule has 3 heterocycles. The van der Waals surface area contributed by atoms with E-state index < -0.39 is 83.6 Å². The molecule has 0 radical (unpaired) electrons. The van der Waals surface area contributed by atoms with Crippen molar-refractivity contribution in [1.82, 2.24) is 29.4 Å². The van der Waals surface area contributed by atoms with Crippen molar-refractivity contribution in [1.29, 1.82) is 0 Å². The van der Waals surface area contributed by atoms with Crippen molar-refractivity contribution in [2.45, 2.75) is 265 Å². The van der Waals surface area contributed by atoms with Gasteiger partial charge in [-0.05, 0) is 162 Å². The van der Waals surface area contributed by atoms with Gasteiger partial charge in [-0.1, -0.05) is 116 Å². The Hall–Kier alpha value is 0.540. The van der Waals surface area contributed by atoms with Crippen LogP contribution in [0.25, 0.3) is 0 Å². The summed E-state index contributed by atoms with van der Waals surface area (Å²) in [5.41, 5.74) is 0. The fraction of sp³-hybridized carbons (Fsp3) is 1.00. The van der Waals surface area contributed by atoms with Crippen LogP contribution in [0.2, 0.25) is 0 Å². The van der Waals surface area contributed by atoms with Gasteiger partial charge in [0, 0.05) is 36.3 Å². The van der Waals surface area contributed by atoms with Crippen LogP contribution in [-0.2, 0) is 67.5 Å². The largest absolute Gasteiger partial charge is 0.481 e. The Bertz CT molecular complexity index is 1860. The molecule has 0 aromatic carbocycles. The lowest BCUT2D eigenvalue weighted by molar-refractivity contribution is -0.185. The molecule has 27 nitrogen and oxygen atoms in total. The summed E-state index contributed by atoms with van der Waals surface area (Å²) in [6.07, 6.45) is 28.8. The van der Waals surface area contributed by atoms with E-state index in [2.05, 4.69) is 154 Å². The normalized spacial score (nSPS) is 37.8. The van der Waals surface area contributed by atoms with E-state index in [4.69, 9.17) is 0 Å². The average molecular weight is 1370 g/mol. The van der Waals surface area contributed by atoms with Crippen molar-refractivity contribution in [2.75, 3.05) is 84.6 Å². The van der Waals surface area contributed by atoms with Crippen molar-refractivity contribution < 1.29 is 96.8 Å². The van der Waals surface area contributed by atoms with Crippen LogP contribution in [0.3, 0.4) is 0 Å². The van der Waals surface area contributed by atoms with Crippen molar-refractivity contribution in [3.63, 3.8) is 0 Å². The Morgan fingerprint density at radius 3 is 0.402 bits per heavy atom. The molecule has 10 aliphatic rings. The predicted octanol–water partition coefficient (Wildman–Crippen LogP) is 11.3. The van der Waals surface area contributed by atoms with Crippen LogP contribution in [0, 0.1) is 0 Å². The van der Waals surface area contributed by atoms with Crippen LogP contribution in [0.4, 0.5) is 0 Å². The molecule has 87 heavy (non-hydrogen) atoms. The standard InChI is InChI=1S/6C8H17N.C6H12O21P6/c6*1-9(2)8-6-4-3-5-7-8;7-28(8)19-1-2(20-29(9,10)25-28)4-6(24-33(17,18)27-32(15,16)23-4)5-3(1)21-30(11,12)26-31(13,14)22-5/h6*8H,3-7H2,1-2H3;1-6H,(H,7,8)(H,9,10)(H,11,12)(H,13,14)(H,15,16)(H,17,18). The lowest BCUT2D eigenvalue weighted by Gasteiger charge is -2.45. The maximum Gasteiger partial charge on any atom is 0.481 e. The topological polar surface area (TPSA) is 326 Å². The summed E-state index contributed by atoms with van der Waals surface area (Å²) < 4.78 is 112. The summed E-state index contributed by atoms with van der Waals surface area (Å²) in [6, 6.07) is 5.33. The van der Waals surface area contributed by atoms with E-state index in [1.54, 1.807) is 0 Å². The van der Waals surface area contributed by atoms with E-state index in [1.807, 2.05) is 0 Å². The SMILES string of the molecule is CN(C)C1CCCCC1.CN(C)C1CCCCC1.CN(C)C1CCCCC1.CN(C)C1CCCCC1.CN(C)C1CCCCC1.CN(C)C1CCCCC1.O=P1(O)OC2C3OP(=O)(O)OP(=O)(O)OC3C3OP(=O)(O)OP(=O)(O)OC3C2OP(=O)(O)O1. The first-order valence-corrected chi connectivity index (χ1v) is 40.7. The quantitative estimate of drug-likeness (QED) is 0.135. The fourth-order valence-electron chi connectivity index (χ4n) is 12.9. The Morgan fingerprint density at radius 2 is 0.322 bits per heavy atom. The highest BCUT2D eigenvalue weighted by Gasteiger charge is 2.68. The summed E-state index contributed by atoms with van der Waals surface area (Å²) in [4.78, 5) is 72.4. The van der Waals surface area contributed by atoms with Crippen LogP contribution in [0.5, 0.6) is 0 Å². The van der Waals surface area contributed by atoms with Crippen molar-refractivity contribution >= 4 is 46.9 Å². The third kappa shape index (κ3) is 29.6. The number of hydrogen-bond acceptors (Lipinski definition) is 21. The zero-order chi connectivity index (χ0) is 65.0. The first-order valence-electron chi connectivity index (χ1n) is 31.7. The van der Waals surface area contributed by atoms with E-state index >= 15 is 0 Å². The monoisotopic (exact) mass is 1370 g/mol. The molecule has 10 rings (SSSR count). The molecule has 0 spiro atoms. The summed E-state index contributed by atoms with van der Waals surface area (Å²) >= 11 is 0. The van der Waals surface area contributed by atoms with Crippen molar-refractivity contribution in [3.05, 3.63) is 0 Å². The molecule has 6 atom stereocenters. The Morgan fingerprint density at radius 1 is 0.218 bits per heavy atom. The first-order chi connectivity index (χ1) is 40.5. The third-order valence-electron chi connectivity index (χ3n) is 17.9. The van der Waals surface area contributed by atoms with Crippen LogP contribution in [0.15, 0.2) is 0 Å². The molecule has 33 heteroatoms. The predicted molar refractivity (Wildman–Crippen MR) is 335 cm³/mol. The molecule has 3 aliphatic heterocycles. The number of nitrogens with zero attached hydrogens (tertiary/aromatic N) is 6. The maximum absolute atomic E-state index is 12.1. The van der Waals surface area contributed by atoms with E-state index in [1.165, 1.54) is 193 Å². The van der Waals surface area contributed by atoms with Gasteiger partial charge in [-0.3, -0.25) is 27.1 Å². The van der Waals surface area contributed by atoms with Crippen LogP contribution < -0.4 is 0 Å². The van der Waals surface area contributed by atoms with Gasteiger partial charge in [-0.15, -0.1) is 0 Å². The second-order valence-corrected chi connectivity index (χ2v) is 34.9.